The van der Waals surface area contributed by atoms with E-state index in [2.05, 4.69) is 25.1 Å². The topological polar surface area (TPSA) is 57.6 Å². The summed E-state index contributed by atoms with van der Waals surface area (Å²) in [4.78, 5) is 25.9. The fraction of sp³-hybridized carbons (Fsp3) is 0.556. The van der Waals surface area contributed by atoms with E-state index in [0.29, 0.717) is 25.3 Å². The zero-order valence-electron chi connectivity index (χ0n) is 13.5. The normalized spacial score (nSPS) is 26.3. The van der Waals surface area contributed by atoms with Crippen molar-refractivity contribution in [1.82, 2.24) is 4.90 Å². The Morgan fingerprint density at radius 2 is 2.26 bits per heavy atom. The molecule has 1 aliphatic carbocycles. The summed E-state index contributed by atoms with van der Waals surface area (Å²) in [6, 6.07) is 8.31. The van der Waals surface area contributed by atoms with Gasteiger partial charge in [-0.25, -0.2) is 0 Å². The Hall–Kier alpha value is -1.49. The molecular formula is C18H23NO3S. The van der Waals surface area contributed by atoms with Crippen molar-refractivity contribution in [3.63, 3.8) is 0 Å². The van der Waals surface area contributed by atoms with Gasteiger partial charge >= 0.3 is 5.97 Å². The molecule has 0 spiro atoms. The van der Waals surface area contributed by atoms with E-state index in [-0.39, 0.29) is 11.8 Å². The monoisotopic (exact) mass is 333 g/mol. The number of likely N-dealkylation sites (tertiary alicyclic amines) is 1. The predicted octanol–water partition coefficient (Wildman–Crippen LogP) is 2.94. The number of thioether (sulfide) groups is 1. The lowest BCUT2D eigenvalue weighted by molar-refractivity contribution is -0.149. The maximum absolute atomic E-state index is 12.4. The van der Waals surface area contributed by atoms with Gasteiger partial charge in [0.1, 0.15) is 0 Å². The lowest BCUT2D eigenvalue weighted by Crippen LogP contribution is -2.37. The van der Waals surface area contributed by atoms with Gasteiger partial charge in [-0.15, -0.1) is 11.8 Å². The van der Waals surface area contributed by atoms with Crippen LogP contribution in [0.4, 0.5) is 0 Å². The van der Waals surface area contributed by atoms with Crippen LogP contribution in [0, 0.1) is 18.3 Å². The van der Waals surface area contributed by atoms with Gasteiger partial charge in [0.05, 0.1) is 11.2 Å². The highest BCUT2D eigenvalue weighted by Gasteiger charge is 2.55. The Morgan fingerprint density at radius 1 is 1.43 bits per heavy atom. The third-order valence-corrected chi connectivity index (χ3v) is 6.21. The smallest absolute Gasteiger partial charge is 0.311 e. The minimum Gasteiger partial charge on any atom is -0.481 e. The Balaban J connectivity index is 1.53. The number of carboxylic acid groups (broad SMARTS) is 1. The molecule has 1 aromatic rings. The summed E-state index contributed by atoms with van der Waals surface area (Å²) in [5.74, 6) is 0.747. The van der Waals surface area contributed by atoms with Crippen LogP contribution >= 0.6 is 11.8 Å². The third-order valence-electron chi connectivity index (χ3n) is 5.23. The molecule has 2 aliphatic rings. The van der Waals surface area contributed by atoms with E-state index in [9.17, 15) is 14.7 Å². The Morgan fingerprint density at radius 3 is 2.96 bits per heavy atom. The largest absolute Gasteiger partial charge is 0.481 e. The molecule has 1 N–H and O–H groups in total. The van der Waals surface area contributed by atoms with Gasteiger partial charge in [0, 0.05) is 18.8 Å². The van der Waals surface area contributed by atoms with Crippen LogP contribution in [-0.2, 0) is 15.3 Å². The Kier molecular flexibility index (Phi) is 4.67. The Bertz CT molecular complexity index is 618. The summed E-state index contributed by atoms with van der Waals surface area (Å²) in [5.41, 5.74) is 1.78. The number of nitrogens with zero attached hydrogens (tertiary/aromatic N) is 1. The van der Waals surface area contributed by atoms with Crippen molar-refractivity contribution in [2.45, 2.75) is 31.9 Å². The number of carbonyl (C=O) groups excluding carboxylic acids is 1. The molecule has 1 saturated carbocycles. The number of hydrogen-bond acceptors (Lipinski definition) is 3. The highest BCUT2D eigenvalue weighted by atomic mass is 32.2. The van der Waals surface area contributed by atoms with Gasteiger partial charge in [-0.2, -0.15) is 0 Å². The molecule has 4 nitrogen and oxygen atoms in total. The highest BCUT2D eigenvalue weighted by Crippen LogP contribution is 2.48. The van der Waals surface area contributed by atoms with Crippen LogP contribution in [0.1, 0.15) is 30.4 Å². The van der Waals surface area contributed by atoms with Crippen molar-refractivity contribution in [3.8, 4) is 0 Å². The molecule has 1 saturated heterocycles. The maximum atomic E-state index is 12.4. The number of carbonyl (C=O) groups is 2. The van der Waals surface area contributed by atoms with Crippen LogP contribution in [0.3, 0.4) is 0 Å². The molecule has 5 heteroatoms. The molecule has 2 atom stereocenters. The number of amides is 1. The molecule has 23 heavy (non-hydrogen) atoms. The van der Waals surface area contributed by atoms with Crippen LogP contribution in [0.25, 0.3) is 0 Å². The van der Waals surface area contributed by atoms with Crippen molar-refractivity contribution in [1.29, 1.82) is 0 Å². The second kappa shape index (κ2) is 6.56. The zero-order valence-corrected chi connectivity index (χ0v) is 14.3. The molecule has 1 aliphatic heterocycles. The first-order valence-corrected chi connectivity index (χ1v) is 9.31. The average molecular weight is 333 g/mol. The van der Waals surface area contributed by atoms with E-state index < -0.39 is 11.4 Å². The van der Waals surface area contributed by atoms with Gasteiger partial charge in [0.15, 0.2) is 0 Å². The van der Waals surface area contributed by atoms with Crippen molar-refractivity contribution < 1.29 is 14.7 Å². The summed E-state index contributed by atoms with van der Waals surface area (Å²) < 4.78 is 0. The van der Waals surface area contributed by atoms with Gasteiger partial charge < -0.3 is 10.0 Å². The molecule has 1 heterocycles. The summed E-state index contributed by atoms with van der Waals surface area (Å²) >= 11 is 1.61. The fourth-order valence-corrected chi connectivity index (χ4v) is 4.85. The van der Waals surface area contributed by atoms with Gasteiger partial charge in [-0.3, -0.25) is 9.59 Å². The molecule has 2 fully saturated rings. The van der Waals surface area contributed by atoms with Gasteiger partial charge in [-0.05, 0) is 31.2 Å². The van der Waals surface area contributed by atoms with Crippen molar-refractivity contribution in [2.24, 2.45) is 11.3 Å². The fourth-order valence-electron chi connectivity index (χ4n) is 3.98. The number of fused-ring (bicyclic) bond motifs is 1. The molecule has 0 aromatic heterocycles. The highest BCUT2D eigenvalue weighted by molar-refractivity contribution is 7.99. The summed E-state index contributed by atoms with van der Waals surface area (Å²) in [6.07, 6.45) is 2.63. The van der Waals surface area contributed by atoms with Gasteiger partial charge in [-0.1, -0.05) is 36.2 Å². The third kappa shape index (κ3) is 3.25. The Labute approximate surface area is 141 Å². The van der Waals surface area contributed by atoms with Crippen LogP contribution in [-0.4, -0.2) is 40.7 Å². The number of aliphatic carboxylic acids is 1. The van der Waals surface area contributed by atoms with Crippen LogP contribution < -0.4 is 0 Å². The van der Waals surface area contributed by atoms with Crippen molar-refractivity contribution in [3.05, 3.63) is 35.4 Å². The average Bonchev–Trinajstić information content (AvgIpc) is 3.05. The van der Waals surface area contributed by atoms with Gasteiger partial charge in [0.25, 0.3) is 0 Å². The second-order valence-corrected chi connectivity index (χ2v) is 7.79. The quantitative estimate of drug-likeness (QED) is 0.900. The number of carboxylic acids is 1. The van der Waals surface area contributed by atoms with Crippen LogP contribution in [0.2, 0.25) is 0 Å². The van der Waals surface area contributed by atoms with E-state index in [4.69, 9.17) is 0 Å². The standard InChI is InChI=1S/C18H23NO3S/c1-13-4-2-5-14(8-13)10-23-11-16(20)19-9-15-6-3-7-18(15,12-19)17(21)22/h2,4-5,8,15H,3,6-7,9-12H2,1H3,(H,21,22)/t15-,18+/m0/s1. The van der Waals surface area contributed by atoms with Crippen LogP contribution in [0.5, 0.6) is 0 Å². The van der Waals surface area contributed by atoms with Gasteiger partial charge in [0.2, 0.25) is 5.91 Å². The van der Waals surface area contributed by atoms with E-state index in [0.717, 1.165) is 18.6 Å². The molecule has 3 rings (SSSR count). The van der Waals surface area contributed by atoms with Crippen molar-refractivity contribution >= 4 is 23.6 Å². The number of benzene rings is 1. The molecule has 124 valence electrons. The van der Waals surface area contributed by atoms with Crippen LogP contribution in [0.15, 0.2) is 24.3 Å². The molecular weight excluding hydrogens is 310 g/mol. The predicted molar refractivity (Wildman–Crippen MR) is 91.3 cm³/mol. The second-order valence-electron chi connectivity index (χ2n) is 6.81. The molecule has 0 radical (unpaired) electrons. The maximum Gasteiger partial charge on any atom is 0.311 e. The number of rotatable bonds is 5. The summed E-state index contributed by atoms with van der Waals surface area (Å²) in [5, 5.41) is 9.58. The zero-order chi connectivity index (χ0) is 16.4. The van der Waals surface area contributed by atoms with E-state index in [1.54, 1.807) is 16.7 Å². The molecule has 1 aromatic carbocycles. The minimum absolute atomic E-state index is 0.0812. The molecule has 1 amide bonds. The van der Waals surface area contributed by atoms with Crippen molar-refractivity contribution in [2.75, 3.05) is 18.8 Å². The van der Waals surface area contributed by atoms with E-state index in [1.807, 2.05) is 6.07 Å². The SMILES string of the molecule is Cc1cccc(CSCC(=O)N2C[C@@H]3CCC[C@@]3(C(=O)O)C2)c1. The number of hydrogen-bond donors (Lipinski definition) is 1. The lowest BCUT2D eigenvalue weighted by atomic mass is 9.81. The van der Waals surface area contributed by atoms with E-state index >= 15 is 0 Å². The summed E-state index contributed by atoms with van der Waals surface area (Å²) in [7, 11) is 0. The van der Waals surface area contributed by atoms with E-state index in [1.165, 1.54) is 11.1 Å². The molecule has 0 unspecified atom stereocenters. The first kappa shape index (κ1) is 16.4. The summed E-state index contributed by atoms with van der Waals surface area (Å²) in [6.45, 7) is 3.08. The molecule has 0 bridgehead atoms. The lowest BCUT2D eigenvalue weighted by Gasteiger charge is -2.23. The first-order valence-electron chi connectivity index (χ1n) is 8.16. The number of aryl methyl sites for hydroxylation is 1. The minimum atomic E-state index is -0.720. The first-order chi connectivity index (χ1) is 11.0.